The summed E-state index contributed by atoms with van der Waals surface area (Å²) in [5, 5.41) is 2.29. The normalized spacial score (nSPS) is 21.2. The lowest BCUT2D eigenvalue weighted by atomic mass is 9.89. The lowest BCUT2D eigenvalue weighted by Gasteiger charge is -2.32. The zero-order valence-electron chi connectivity index (χ0n) is 18.1. The maximum Gasteiger partial charge on any atom is 0.255 e. The van der Waals surface area contributed by atoms with Gasteiger partial charge >= 0.3 is 0 Å². The molecule has 1 unspecified atom stereocenters. The van der Waals surface area contributed by atoms with Gasteiger partial charge in [0, 0.05) is 37.2 Å². The molecule has 170 valence electrons. The molecular weight excluding hydrogens is 425 g/mol. The van der Waals surface area contributed by atoms with E-state index in [2.05, 4.69) is 5.32 Å². The largest absolute Gasteiger partial charge is 0.339 e. The fourth-order valence-electron chi connectivity index (χ4n) is 5.09. The lowest BCUT2D eigenvalue weighted by Crippen LogP contribution is -2.52. The Morgan fingerprint density at radius 3 is 2.48 bits per heavy atom. The summed E-state index contributed by atoms with van der Waals surface area (Å²) in [5.41, 5.74) is 2.39. The fraction of sp³-hybridized carbons (Fsp3) is 0.360. The molecule has 3 aliphatic heterocycles. The van der Waals surface area contributed by atoms with E-state index >= 15 is 0 Å². The highest BCUT2D eigenvalue weighted by atomic mass is 19.1. The molecule has 0 radical (unpaired) electrons. The van der Waals surface area contributed by atoms with E-state index in [0.717, 1.165) is 0 Å². The Morgan fingerprint density at radius 2 is 1.76 bits per heavy atom. The molecule has 1 atom stereocenters. The minimum Gasteiger partial charge on any atom is -0.339 e. The Hall–Kier alpha value is -3.55. The molecule has 4 amide bonds. The van der Waals surface area contributed by atoms with Crippen LogP contribution in [0.2, 0.25) is 0 Å². The average molecular weight is 449 g/mol. The van der Waals surface area contributed by atoms with Gasteiger partial charge in [-0.1, -0.05) is 18.2 Å². The monoisotopic (exact) mass is 449 g/mol. The summed E-state index contributed by atoms with van der Waals surface area (Å²) in [5.74, 6) is -1.27. The van der Waals surface area contributed by atoms with Crippen LogP contribution in [-0.4, -0.2) is 52.6 Å². The van der Waals surface area contributed by atoms with Gasteiger partial charge in [-0.3, -0.25) is 24.5 Å². The number of fused-ring (bicyclic) bond motifs is 1. The van der Waals surface area contributed by atoms with Gasteiger partial charge in [0.15, 0.2) is 0 Å². The van der Waals surface area contributed by atoms with Crippen molar-refractivity contribution in [3.63, 3.8) is 0 Å². The minimum atomic E-state index is -0.681. The molecule has 0 aromatic heterocycles. The molecule has 2 aromatic rings. The molecule has 0 saturated carbocycles. The number of hydrogen-bond acceptors (Lipinski definition) is 4. The van der Waals surface area contributed by atoms with Crippen molar-refractivity contribution in [3.05, 3.63) is 70.5 Å². The third kappa shape index (κ3) is 3.90. The Balaban J connectivity index is 1.27. The Labute approximate surface area is 190 Å². The van der Waals surface area contributed by atoms with Crippen LogP contribution >= 0.6 is 0 Å². The first-order valence-electron chi connectivity index (χ1n) is 11.2. The number of halogens is 1. The number of benzene rings is 2. The third-order valence-corrected chi connectivity index (χ3v) is 6.90. The van der Waals surface area contributed by atoms with Crippen molar-refractivity contribution in [1.29, 1.82) is 0 Å². The van der Waals surface area contributed by atoms with Crippen molar-refractivity contribution < 1.29 is 23.6 Å². The molecule has 1 N–H and O–H groups in total. The van der Waals surface area contributed by atoms with Gasteiger partial charge in [-0.2, -0.15) is 0 Å². The Kier molecular flexibility index (Phi) is 5.44. The first kappa shape index (κ1) is 21.3. The summed E-state index contributed by atoms with van der Waals surface area (Å²) in [6, 6.07) is 11.1. The van der Waals surface area contributed by atoms with E-state index in [-0.39, 0.29) is 42.4 Å². The summed E-state index contributed by atoms with van der Waals surface area (Å²) < 4.78 is 14.1. The van der Waals surface area contributed by atoms with Gasteiger partial charge in [0.1, 0.15) is 11.9 Å². The van der Waals surface area contributed by atoms with Gasteiger partial charge in [0.2, 0.25) is 11.8 Å². The number of amides is 4. The first-order valence-corrected chi connectivity index (χ1v) is 11.2. The van der Waals surface area contributed by atoms with Gasteiger partial charge < -0.3 is 9.80 Å². The van der Waals surface area contributed by atoms with Crippen LogP contribution in [0, 0.1) is 5.82 Å². The number of carbonyl (C=O) groups is 4. The van der Waals surface area contributed by atoms with E-state index in [1.807, 2.05) is 12.1 Å². The van der Waals surface area contributed by atoms with E-state index in [1.165, 1.54) is 11.0 Å². The maximum atomic E-state index is 14.1. The van der Waals surface area contributed by atoms with Crippen LogP contribution < -0.4 is 5.32 Å². The van der Waals surface area contributed by atoms with Crippen molar-refractivity contribution in [1.82, 2.24) is 15.1 Å². The number of hydrogen-bond donors (Lipinski definition) is 1. The third-order valence-electron chi connectivity index (χ3n) is 6.90. The van der Waals surface area contributed by atoms with Gasteiger partial charge in [0.25, 0.3) is 11.8 Å². The van der Waals surface area contributed by atoms with Crippen molar-refractivity contribution in [2.45, 2.75) is 44.2 Å². The number of carbonyl (C=O) groups excluding carboxylic acids is 4. The number of imide groups is 1. The van der Waals surface area contributed by atoms with Gasteiger partial charge in [0.05, 0.1) is 0 Å². The molecule has 2 saturated heterocycles. The van der Waals surface area contributed by atoms with Crippen LogP contribution in [0.3, 0.4) is 0 Å². The molecule has 2 fully saturated rings. The highest BCUT2D eigenvalue weighted by Crippen LogP contribution is 2.32. The number of piperidine rings is 2. The molecule has 2 aromatic carbocycles. The second kappa shape index (κ2) is 8.42. The summed E-state index contributed by atoms with van der Waals surface area (Å²) in [6.45, 7) is 1.31. The topological polar surface area (TPSA) is 86.8 Å². The molecule has 3 heterocycles. The van der Waals surface area contributed by atoms with E-state index in [1.54, 1.807) is 29.2 Å². The summed E-state index contributed by atoms with van der Waals surface area (Å²) >= 11 is 0. The fourth-order valence-corrected chi connectivity index (χ4v) is 5.09. The van der Waals surface area contributed by atoms with Crippen molar-refractivity contribution in [2.75, 3.05) is 13.1 Å². The van der Waals surface area contributed by atoms with Crippen LogP contribution in [0.15, 0.2) is 42.5 Å². The molecule has 5 rings (SSSR count). The highest BCUT2D eigenvalue weighted by Gasteiger charge is 2.39. The van der Waals surface area contributed by atoms with Crippen LogP contribution in [0.1, 0.15) is 63.4 Å². The quantitative estimate of drug-likeness (QED) is 0.730. The Morgan fingerprint density at radius 1 is 1.00 bits per heavy atom. The number of rotatable bonds is 3. The minimum absolute atomic E-state index is 0.0926. The second-order valence-electron chi connectivity index (χ2n) is 8.86. The molecule has 0 aliphatic carbocycles. The molecule has 33 heavy (non-hydrogen) atoms. The summed E-state index contributed by atoms with van der Waals surface area (Å²) in [6.07, 6.45) is 1.88. The van der Waals surface area contributed by atoms with Crippen LogP contribution in [-0.2, 0) is 16.1 Å². The van der Waals surface area contributed by atoms with E-state index in [4.69, 9.17) is 0 Å². The number of nitrogens with one attached hydrogen (secondary N) is 1. The second-order valence-corrected chi connectivity index (χ2v) is 8.86. The first-order chi connectivity index (χ1) is 15.9. The van der Waals surface area contributed by atoms with Crippen molar-refractivity contribution in [2.24, 2.45) is 0 Å². The Bertz CT molecular complexity index is 1160. The van der Waals surface area contributed by atoms with E-state index < -0.39 is 11.9 Å². The summed E-state index contributed by atoms with van der Waals surface area (Å²) in [7, 11) is 0. The molecule has 3 aliphatic rings. The molecule has 8 heteroatoms. The average Bonchev–Trinajstić information content (AvgIpc) is 3.14. The SMILES string of the molecule is O=C1CCC(N2Cc3cc(C(=O)N4CCC(c5ccccc5F)CC4)ccc3C2=O)C(=O)N1. The molecular formula is C25H24FN3O4. The maximum absolute atomic E-state index is 14.1. The lowest BCUT2D eigenvalue weighted by molar-refractivity contribution is -0.136. The predicted octanol–water partition coefficient (Wildman–Crippen LogP) is 2.61. The highest BCUT2D eigenvalue weighted by molar-refractivity contribution is 6.06. The van der Waals surface area contributed by atoms with E-state index in [0.29, 0.717) is 54.6 Å². The van der Waals surface area contributed by atoms with Gasteiger partial charge in [-0.15, -0.1) is 0 Å². The summed E-state index contributed by atoms with van der Waals surface area (Å²) in [4.78, 5) is 52.8. The number of likely N-dealkylation sites (tertiary alicyclic amines) is 1. The smallest absolute Gasteiger partial charge is 0.255 e. The van der Waals surface area contributed by atoms with Crippen LogP contribution in [0.5, 0.6) is 0 Å². The predicted molar refractivity (Wildman–Crippen MR) is 117 cm³/mol. The molecule has 7 nitrogen and oxygen atoms in total. The zero-order valence-corrected chi connectivity index (χ0v) is 18.1. The van der Waals surface area contributed by atoms with Gasteiger partial charge in [-0.05, 0) is 60.6 Å². The zero-order chi connectivity index (χ0) is 23.1. The molecule has 0 bridgehead atoms. The van der Waals surface area contributed by atoms with Gasteiger partial charge in [-0.25, -0.2) is 4.39 Å². The van der Waals surface area contributed by atoms with Crippen molar-refractivity contribution >= 4 is 23.6 Å². The number of nitrogens with zero attached hydrogens (tertiary/aromatic N) is 2. The van der Waals surface area contributed by atoms with Crippen LogP contribution in [0.4, 0.5) is 4.39 Å². The van der Waals surface area contributed by atoms with Crippen LogP contribution in [0.25, 0.3) is 0 Å². The van der Waals surface area contributed by atoms with E-state index in [9.17, 15) is 23.6 Å². The molecule has 0 spiro atoms. The standard InChI is InChI=1S/C25H24FN3O4/c26-20-4-2-1-3-18(20)15-9-11-28(12-10-15)24(32)16-5-6-19-17(13-16)14-29(25(19)33)21-7-8-22(30)27-23(21)31/h1-6,13,15,21H,7-12,14H2,(H,27,30,31). The van der Waals surface area contributed by atoms with Crippen molar-refractivity contribution in [3.8, 4) is 0 Å².